The molecule has 9 heteroatoms. The number of hydrogen-bond acceptors (Lipinski definition) is 7. The molecule has 0 aliphatic rings. The van der Waals surface area contributed by atoms with Gasteiger partial charge in [-0.25, -0.2) is 9.59 Å². The lowest BCUT2D eigenvalue weighted by Gasteiger charge is -2.04. The molecule has 0 spiro atoms. The number of carboxylic acids is 2. The van der Waals surface area contributed by atoms with E-state index in [4.69, 9.17) is 10.8 Å². The second kappa shape index (κ2) is 10.1. The number of aliphatic carboxylic acids is 1. The van der Waals surface area contributed by atoms with E-state index in [0.29, 0.717) is 5.69 Å². The van der Waals surface area contributed by atoms with E-state index < -0.39 is 11.9 Å². The Morgan fingerprint density at radius 2 is 1.85 bits per heavy atom. The molecule has 0 unspecified atom stereocenters. The number of hydrogen-bond donors (Lipinski definition) is 3. The number of carboxylic acid groups (broad SMARTS) is 2. The summed E-state index contributed by atoms with van der Waals surface area (Å²) in [6.07, 6.45) is 5.93. The minimum Gasteiger partial charge on any atom is -0.478 e. The number of pyridine rings is 2. The summed E-state index contributed by atoms with van der Waals surface area (Å²) in [4.78, 5) is 32.1. The Balaban J connectivity index is 1.53. The van der Waals surface area contributed by atoms with Crippen LogP contribution in [0.25, 0.3) is 15.1 Å². The van der Waals surface area contributed by atoms with Crippen LogP contribution in [-0.2, 0) is 11.2 Å². The molecular formula is C25H17N3O4S2. The molecule has 0 aromatic carbocycles. The standard InChI is InChI=1S/C25H17N3O4S2/c26-20(21-13-17(25(31)32)6-9-28-21)12-16(24(29)30)2-3-18-11-15(5-8-27-18)1-4-19-14-23-22(34-19)7-10-33-23/h2,5-14H,3,26H2,(H,29,30)(H,31,32)/b16-2+,20-12-. The van der Waals surface area contributed by atoms with E-state index in [1.807, 2.05) is 6.07 Å². The average Bonchev–Trinajstić information content (AvgIpc) is 3.42. The van der Waals surface area contributed by atoms with Crippen molar-refractivity contribution in [3.05, 3.63) is 99.3 Å². The summed E-state index contributed by atoms with van der Waals surface area (Å²) < 4.78 is 2.43. The lowest BCUT2D eigenvalue weighted by molar-refractivity contribution is -0.132. The van der Waals surface area contributed by atoms with Crippen molar-refractivity contribution in [2.24, 2.45) is 5.73 Å². The molecule has 4 N–H and O–H groups in total. The third-order valence-electron chi connectivity index (χ3n) is 4.68. The highest BCUT2D eigenvalue weighted by Crippen LogP contribution is 2.29. The van der Waals surface area contributed by atoms with Gasteiger partial charge in [-0.3, -0.25) is 9.97 Å². The summed E-state index contributed by atoms with van der Waals surface area (Å²) in [5.41, 5.74) is 7.57. The SMILES string of the molecule is N/C(=C\C(=C/Cc1cc(C#Cc2cc3sccc3s2)ccn1)C(=O)O)c1cc(C(=O)O)ccn1. The Labute approximate surface area is 202 Å². The molecular weight excluding hydrogens is 470 g/mol. The number of carbonyl (C=O) groups is 2. The van der Waals surface area contributed by atoms with E-state index in [2.05, 4.69) is 39.3 Å². The summed E-state index contributed by atoms with van der Waals surface area (Å²) >= 11 is 3.32. The zero-order chi connectivity index (χ0) is 24.1. The van der Waals surface area contributed by atoms with E-state index in [9.17, 15) is 14.7 Å². The number of rotatable bonds is 6. The second-order valence-electron chi connectivity index (χ2n) is 7.05. The monoisotopic (exact) mass is 487 g/mol. The van der Waals surface area contributed by atoms with Crippen LogP contribution in [0.15, 0.2) is 71.9 Å². The molecule has 0 bridgehead atoms. The van der Waals surface area contributed by atoms with Crippen molar-refractivity contribution >= 4 is 49.7 Å². The van der Waals surface area contributed by atoms with Gasteiger partial charge in [0.2, 0.25) is 0 Å². The number of thiophene rings is 2. The van der Waals surface area contributed by atoms with Gasteiger partial charge in [-0.15, -0.1) is 22.7 Å². The van der Waals surface area contributed by atoms with Gasteiger partial charge >= 0.3 is 11.9 Å². The normalized spacial score (nSPS) is 11.8. The molecule has 0 saturated carbocycles. The summed E-state index contributed by atoms with van der Waals surface area (Å²) in [6, 6.07) is 10.4. The minimum atomic E-state index is -1.18. The van der Waals surface area contributed by atoms with Gasteiger partial charge in [-0.1, -0.05) is 17.9 Å². The van der Waals surface area contributed by atoms with E-state index >= 15 is 0 Å². The van der Waals surface area contributed by atoms with Crippen LogP contribution < -0.4 is 5.73 Å². The predicted octanol–water partition coefficient (Wildman–Crippen LogP) is 4.40. The summed E-state index contributed by atoms with van der Waals surface area (Å²) in [5.74, 6) is 4.00. The van der Waals surface area contributed by atoms with Crippen LogP contribution in [0.5, 0.6) is 0 Å². The van der Waals surface area contributed by atoms with E-state index in [0.717, 1.165) is 10.4 Å². The molecule has 7 nitrogen and oxygen atoms in total. The van der Waals surface area contributed by atoms with Crippen molar-refractivity contribution in [1.29, 1.82) is 0 Å². The fraction of sp³-hybridized carbons (Fsp3) is 0.0400. The molecule has 0 amide bonds. The fourth-order valence-electron chi connectivity index (χ4n) is 3.01. The summed E-state index contributed by atoms with van der Waals surface area (Å²) in [7, 11) is 0. The van der Waals surface area contributed by atoms with Crippen molar-refractivity contribution < 1.29 is 19.8 Å². The summed E-state index contributed by atoms with van der Waals surface area (Å²) in [6.45, 7) is 0. The molecule has 4 aromatic rings. The average molecular weight is 488 g/mol. The molecule has 0 saturated heterocycles. The van der Waals surface area contributed by atoms with Crippen molar-refractivity contribution in [3.8, 4) is 11.8 Å². The lowest BCUT2D eigenvalue weighted by Crippen LogP contribution is -2.06. The first-order chi connectivity index (χ1) is 16.4. The molecule has 0 atom stereocenters. The van der Waals surface area contributed by atoms with Crippen molar-refractivity contribution in [1.82, 2.24) is 9.97 Å². The number of nitrogens with two attached hydrogens (primary N) is 1. The topological polar surface area (TPSA) is 126 Å². The third-order valence-corrected chi connectivity index (χ3v) is 6.69. The first-order valence-corrected chi connectivity index (χ1v) is 11.6. The highest BCUT2D eigenvalue weighted by molar-refractivity contribution is 7.27. The highest BCUT2D eigenvalue weighted by atomic mass is 32.1. The lowest BCUT2D eigenvalue weighted by atomic mass is 10.1. The van der Waals surface area contributed by atoms with Crippen LogP contribution in [-0.4, -0.2) is 32.1 Å². The maximum Gasteiger partial charge on any atom is 0.335 e. The van der Waals surface area contributed by atoms with Crippen LogP contribution >= 0.6 is 22.7 Å². The van der Waals surface area contributed by atoms with Crippen molar-refractivity contribution in [2.45, 2.75) is 6.42 Å². The van der Waals surface area contributed by atoms with Crippen molar-refractivity contribution in [2.75, 3.05) is 0 Å². The van der Waals surface area contributed by atoms with Gasteiger partial charge in [0.1, 0.15) is 0 Å². The molecule has 4 heterocycles. The van der Waals surface area contributed by atoms with E-state index in [-0.39, 0.29) is 28.9 Å². The highest BCUT2D eigenvalue weighted by Gasteiger charge is 2.10. The molecule has 4 rings (SSSR count). The van der Waals surface area contributed by atoms with Gasteiger partial charge in [0, 0.05) is 39.5 Å². The van der Waals surface area contributed by atoms with Crippen LogP contribution in [0.1, 0.15) is 32.2 Å². The molecule has 34 heavy (non-hydrogen) atoms. The van der Waals surface area contributed by atoms with Crippen molar-refractivity contribution in [3.63, 3.8) is 0 Å². The van der Waals surface area contributed by atoms with Crippen LogP contribution in [0.4, 0.5) is 0 Å². The first-order valence-electron chi connectivity index (χ1n) is 9.93. The van der Waals surface area contributed by atoms with Crippen LogP contribution in [0.3, 0.4) is 0 Å². The van der Waals surface area contributed by atoms with E-state index in [1.165, 1.54) is 39.9 Å². The van der Waals surface area contributed by atoms with Gasteiger partial charge in [0.05, 0.1) is 27.4 Å². The summed E-state index contributed by atoms with van der Waals surface area (Å²) in [5, 5.41) is 20.7. The largest absolute Gasteiger partial charge is 0.478 e. The molecule has 0 fully saturated rings. The zero-order valence-corrected chi connectivity index (χ0v) is 19.2. The maximum atomic E-state index is 11.7. The van der Waals surface area contributed by atoms with Gasteiger partial charge in [0.25, 0.3) is 0 Å². The maximum absolute atomic E-state index is 11.7. The Morgan fingerprint density at radius 3 is 2.62 bits per heavy atom. The molecule has 0 radical (unpaired) electrons. The number of aromatic nitrogens is 2. The predicted molar refractivity (Wildman–Crippen MR) is 133 cm³/mol. The molecule has 168 valence electrons. The van der Waals surface area contributed by atoms with Gasteiger partial charge in [-0.2, -0.15) is 0 Å². The van der Waals surface area contributed by atoms with Crippen LogP contribution in [0, 0.1) is 11.8 Å². The Bertz CT molecular complexity index is 1490. The third kappa shape index (κ3) is 5.56. The quantitative estimate of drug-likeness (QED) is 0.209. The fourth-order valence-corrected chi connectivity index (χ4v) is 4.98. The zero-order valence-electron chi connectivity index (χ0n) is 17.6. The molecule has 0 aliphatic heterocycles. The van der Waals surface area contributed by atoms with Gasteiger partial charge < -0.3 is 15.9 Å². The van der Waals surface area contributed by atoms with Crippen LogP contribution in [0.2, 0.25) is 0 Å². The Kier molecular flexibility index (Phi) is 6.82. The number of nitrogens with zero attached hydrogens (tertiary/aromatic N) is 2. The number of fused-ring (bicyclic) bond motifs is 1. The van der Waals surface area contributed by atoms with Gasteiger partial charge in [-0.05, 0) is 47.9 Å². The minimum absolute atomic E-state index is 0.00621. The van der Waals surface area contributed by atoms with Gasteiger partial charge in [0.15, 0.2) is 0 Å². The molecule has 0 aliphatic carbocycles. The number of allylic oxidation sites excluding steroid dienone is 1. The van der Waals surface area contributed by atoms with E-state index in [1.54, 1.807) is 34.9 Å². The number of aromatic carboxylic acids is 1. The smallest absolute Gasteiger partial charge is 0.335 e. The second-order valence-corrected chi connectivity index (χ2v) is 9.08. The Hall–Kier alpha value is -4.26. The molecule has 4 aromatic heterocycles. The Morgan fingerprint density at radius 1 is 1.03 bits per heavy atom. The first kappa shape index (κ1) is 22.9.